The molecular formula is C18H25ClN2O4. The van der Waals surface area contributed by atoms with E-state index in [9.17, 15) is 14.7 Å². The highest BCUT2D eigenvalue weighted by molar-refractivity contribution is 6.34. The van der Waals surface area contributed by atoms with Crippen molar-refractivity contribution >= 4 is 29.6 Å². The van der Waals surface area contributed by atoms with Crippen LogP contribution in [0.5, 0.6) is 0 Å². The van der Waals surface area contributed by atoms with Crippen LogP contribution in [0, 0.1) is 18.8 Å². The molecule has 0 saturated heterocycles. The molecule has 0 amide bonds. The predicted molar refractivity (Wildman–Crippen MR) is 97.3 cm³/mol. The molecule has 25 heavy (non-hydrogen) atoms. The first-order valence-electron chi connectivity index (χ1n) is 8.27. The van der Waals surface area contributed by atoms with Crippen LogP contribution in [0.15, 0.2) is 17.3 Å². The molecule has 0 aliphatic heterocycles. The van der Waals surface area contributed by atoms with Gasteiger partial charge in [0, 0.05) is 12.4 Å². The van der Waals surface area contributed by atoms with Gasteiger partial charge in [0.15, 0.2) is 11.7 Å². The summed E-state index contributed by atoms with van der Waals surface area (Å²) < 4.78 is 4.99. The second-order valence-electron chi connectivity index (χ2n) is 6.21. The molecule has 1 rings (SSSR count). The minimum Gasteiger partial charge on any atom is -0.465 e. The molecule has 0 bridgehead atoms. The van der Waals surface area contributed by atoms with Crippen LogP contribution in [0.25, 0.3) is 0 Å². The Bertz CT molecular complexity index is 632. The second kappa shape index (κ2) is 10.3. The van der Waals surface area contributed by atoms with Crippen LogP contribution in [0.1, 0.15) is 43.1 Å². The molecule has 0 fully saturated rings. The third-order valence-electron chi connectivity index (χ3n) is 3.46. The lowest BCUT2D eigenvalue weighted by Crippen LogP contribution is -2.29. The number of aliphatic imine (C=N–C) groups is 1. The van der Waals surface area contributed by atoms with Crippen molar-refractivity contribution < 1.29 is 19.4 Å². The van der Waals surface area contributed by atoms with Crippen molar-refractivity contribution in [2.24, 2.45) is 16.8 Å². The van der Waals surface area contributed by atoms with Crippen molar-refractivity contribution in [2.45, 2.75) is 40.2 Å². The van der Waals surface area contributed by atoms with Gasteiger partial charge < -0.3 is 9.84 Å². The first-order valence-corrected chi connectivity index (χ1v) is 8.65. The summed E-state index contributed by atoms with van der Waals surface area (Å²) in [6, 6.07) is 1.20. The Hall–Kier alpha value is -1.79. The Labute approximate surface area is 153 Å². The number of hydrogen-bond acceptors (Lipinski definition) is 6. The van der Waals surface area contributed by atoms with E-state index in [0.717, 1.165) is 5.56 Å². The summed E-state index contributed by atoms with van der Waals surface area (Å²) in [6.07, 6.45) is 3.43. The van der Waals surface area contributed by atoms with E-state index < -0.39 is 17.7 Å². The third-order valence-corrected chi connectivity index (χ3v) is 3.77. The number of carbonyl (C=O) groups excluding carboxylic acids is 2. The zero-order chi connectivity index (χ0) is 19.0. The first kappa shape index (κ1) is 21.3. The molecule has 0 spiro atoms. The van der Waals surface area contributed by atoms with E-state index in [1.807, 2.05) is 13.8 Å². The quantitative estimate of drug-likeness (QED) is 0.238. The number of aromatic nitrogens is 1. The number of aryl methyl sites for hydroxylation is 1. The fourth-order valence-corrected chi connectivity index (χ4v) is 2.49. The van der Waals surface area contributed by atoms with Gasteiger partial charge in [0.1, 0.15) is 5.15 Å². The zero-order valence-corrected chi connectivity index (χ0v) is 15.8. The molecule has 0 radical (unpaired) electrons. The predicted octanol–water partition coefficient (Wildman–Crippen LogP) is 2.88. The zero-order valence-electron chi connectivity index (χ0n) is 15.0. The van der Waals surface area contributed by atoms with Gasteiger partial charge in [-0.3, -0.25) is 14.6 Å². The monoisotopic (exact) mass is 368 g/mol. The minimum absolute atomic E-state index is 0.0270. The van der Waals surface area contributed by atoms with Crippen LogP contribution in [0.2, 0.25) is 5.15 Å². The van der Waals surface area contributed by atoms with Crippen molar-refractivity contribution in [1.29, 1.82) is 0 Å². The molecule has 7 heteroatoms. The number of pyridine rings is 1. The number of rotatable bonds is 9. The molecule has 1 N–H and O–H groups in total. The number of hydrogen-bond donors (Lipinski definition) is 1. The van der Waals surface area contributed by atoms with Gasteiger partial charge in [-0.25, -0.2) is 4.98 Å². The van der Waals surface area contributed by atoms with Gasteiger partial charge in [-0.1, -0.05) is 25.4 Å². The van der Waals surface area contributed by atoms with Gasteiger partial charge in [0.2, 0.25) is 0 Å². The van der Waals surface area contributed by atoms with E-state index in [-0.39, 0.29) is 30.0 Å². The van der Waals surface area contributed by atoms with Crippen LogP contribution >= 0.6 is 11.6 Å². The number of ketones is 1. The number of carbonyl (C=O) groups is 2. The fourth-order valence-electron chi connectivity index (χ4n) is 2.29. The lowest BCUT2D eigenvalue weighted by atomic mass is 9.98. The van der Waals surface area contributed by atoms with Gasteiger partial charge in [-0.05, 0) is 37.8 Å². The highest BCUT2D eigenvalue weighted by Crippen LogP contribution is 2.19. The van der Waals surface area contributed by atoms with Gasteiger partial charge >= 0.3 is 5.97 Å². The topological polar surface area (TPSA) is 88.9 Å². The highest BCUT2D eigenvalue weighted by atomic mass is 35.5. The Morgan fingerprint density at radius 2 is 2.12 bits per heavy atom. The highest BCUT2D eigenvalue weighted by Gasteiger charge is 2.29. The summed E-state index contributed by atoms with van der Waals surface area (Å²) in [6.45, 7) is 7.43. The lowest BCUT2D eigenvalue weighted by Gasteiger charge is -2.15. The van der Waals surface area contributed by atoms with Gasteiger partial charge in [0.25, 0.3) is 0 Å². The van der Waals surface area contributed by atoms with E-state index in [2.05, 4.69) is 9.98 Å². The maximum Gasteiger partial charge on any atom is 0.322 e. The summed E-state index contributed by atoms with van der Waals surface area (Å²) in [5.41, 5.74) is 0.899. The normalized spacial score (nSPS) is 13.9. The van der Waals surface area contributed by atoms with Crippen molar-refractivity contribution in [3.8, 4) is 0 Å². The number of nitrogens with zero attached hydrogens (tertiary/aromatic N) is 2. The van der Waals surface area contributed by atoms with E-state index in [4.69, 9.17) is 16.3 Å². The molecular weight excluding hydrogens is 344 g/mol. The largest absolute Gasteiger partial charge is 0.465 e. The number of esters is 1. The minimum atomic E-state index is -1.22. The average Bonchev–Trinajstić information content (AvgIpc) is 2.55. The van der Waals surface area contributed by atoms with E-state index in [1.54, 1.807) is 19.9 Å². The molecule has 6 nitrogen and oxygen atoms in total. The Morgan fingerprint density at radius 3 is 2.68 bits per heavy atom. The second-order valence-corrected chi connectivity index (χ2v) is 6.57. The fraction of sp³-hybridized carbons (Fsp3) is 0.556. The van der Waals surface area contributed by atoms with Crippen molar-refractivity contribution in [3.63, 3.8) is 0 Å². The van der Waals surface area contributed by atoms with Crippen LogP contribution in [0.4, 0.5) is 0 Å². The summed E-state index contributed by atoms with van der Waals surface area (Å²) in [5, 5.41) is 9.45. The SMILES string of the molecule is CCOC(=O)C(C=NC(CO)CC(C)C)C(=O)c1cc(C)cnc1Cl. The molecule has 2 unspecified atom stereocenters. The molecule has 0 aliphatic carbocycles. The number of aliphatic hydroxyl groups excluding tert-OH is 1. The van der Waals surface area contributed by atoms with Gasteiger partial charge in [-0.15, -0.1) is 0 Å². The van der Waals surface area contributed by atoms with Gasteiger partial charge in [0.05, 0.1) is 24.8 Å². The standard InChI is InChI=1S/C18H25ClN2O4/c1-5-25-18(24)15(9-20-13(10-22)6-11(2)3)16(23)14-7-12(4)8-21-17(14)19/h7-9,11,13,15,22H,5-6,10H2,1-4H3. The smallest absolute Gasteiger partial charge is 0.322 e. The van der Waals surface area contributed by atoms with Crippen LogP contribution in [-0.4, -0.2) is 47.3 Å². The molecule has 1 aromatic heterocycles. The molecule has 0 aromatic carbocycles. The van der Waals surface area contributed by atoms with Crippen LogP contribution < -0.4 is 0 Å². The summed E-state index contributed by atoms with van der Waals surface area (Å²) in [5.74, 6) is -2.12. The molecule has 2 atom stereocenters. The summed E-state index contributed by atoms with van der Waals surface area (Å²) in [4.78, 5) is 33.2. The Morgan fingerprint density at radius 1 is 1.44 bits per heavy atom. The molecule has 138 valence electrons. The third kappa shape index (κ3) is 6.55. The van der Waals surface area contributed by atoms with Gasteiger partial charge in [-0.2, -0.15) is 0 Å². The summed E-state index contributed by atoms with van der Waals surface area (Å²) in [7, 11) is 0. The Kier molecular flexibility index (Phi) is 8.72. The maximum absolute atomic E-state index is 12.8. The number of aliphatic hydroxyl groups is 1. The first-order chi connectivity index (χ1) is 11.8. The van der Waals surface area contributed by atoms with Crippen LogP contribution in [0.3, 0.4) is 0 Å². The molecule has 1 aromatic rings. The van der Waals surface area contributed by atoms with E-state index in [1.165, 1.54) is 12.4 Å². The van der Waals surface area contributed by atoms with Crippen molar-refractivity contribution in [2.75, 3.05) is 13.2 Å². The lowest BCUT2D eigenvalue weighted by molar-refractivity contribution is -0.143. The van der Waals surface area contributed by atoms with E-state index in [0.29, 0.717) is 12.3 Å². The van der Waals surface area contributed by atoms with Crippen molar-refractivity contribution in [1.82, 2.24) is 4.98 Å². The molecule has 0 saturated carbocycles. The molecule has 1 heterocycles. The van der Waals surface area contributed by atoms with E-state index >= 15 is 0 Å². The number of Topliss-reactive ketones (excluding diaryl/α,β-unsaturated/α-hetero) is 1. The average molecular weight is 369 g/mol. The number of ether oxygens (including phenoxy) is 1. The van der Waals surface area contributed by atoms with Crippen LogP contribution in [-0.2, 0) is 9.53 Å². The summed E-state index contributed by atoms with van der Waals surface area (Å²) >= 11 is 6.01. The maximum atomic E-state index is 12.8. The van der Waals surface area contributed by atoms with Crippen molar-refractivity contribution in [3.05, 3.63) is 28.5 Å². The Balaban J connectivity index is 3.13. The number of halogens is 1. The molecule has 0 aliphatic rings.